The Balaban J connectivity index is 0.00000264. The van der Waals surface area contributed by atoms with Gasteiger partial charge in [0, 0.05) is 16.8 Å². The van der Waals surface area contributed by atoms with Gasteiger partial charge in [-0.3, -0.25) is 4.59 Å². The number of hydrogen-bond acceptors (Lipinski definition) is 2. The van der Waals surface area contributed by atoms with Gasteiger partial charge < -0.3 is 21.5 Å². The first-order chi connectivity index (χ1) is 10.4. The summed E-state index contributed by atoms with van der Waals surface area (Å²) in [5.74, 6) is 5.98. The molecule has 2 aromatic carbocycles. The molecule has 0 aliphatic heterocycles. The van der Waals surface area contributed by atoms with Gasteiger partial charge in [0.05, 0.1) is 20.6 Å². The van der Waals surface area contributed by atoms with E-state index >= 15 is 0 Å². The van der Waals surface area contributed by atoms with E-state index in [0.717, 1.165) is 30.0 Å². The molecule has 0 spiro atoms. The van der Waals surface area contributed by atoms with E-state index in [4.69, 9.17) is 5.84 Å². The Labute approximate surface area is 150 Å². The second kappa shape index (κ2) is 8.79. The predicted octanol–water partition coefficient (Wildman–Crippen LogP) is -0.265. The number of quaternary nitrogens is 1. The maximum atomic E-state index is 13.7. The Hall–Kier alpha value is -0.930. The van der Waals surface area contributed by atoms with Crippen LogP contribution in [-0.2, 0) is 4.57 Å². The monoisotopic (exact) mass is 396 g/mol. The summed E-state index contributed by atoms with van der Waals surface area (Å²) in [4.78, 5) is 0. The van der Waals surface area contributed by atoms with E-state index in [1.165, 1.54) is 0 Å². The van der Waals surface area contributed by atoms with Crippen LogP contribution in [0.2, 0.25) is 0 Å². The molecule has 2 rings (SSSR count). The van der Waals surface area contributed by atoms with E-state index < -0.39 is 7.14 Å². The van der Waals surface area contributed by atoms with Gasteiger partial charge in [0.25, 0.3) is 0 Å². The molecule has 2 N–H and O–H groups in total. The van der Waals surface area contributed by atoms with Crippen LogP contribution in [0.1, 0.15) is 12.8 Å². The lowest BCUT2D eigenvalue weighted by Crippen LogP contribution is -3.00. The average Bonchev–Trinajstić information content (AvgIpc) is 2.52. The molecule has 0 aliphatic rings. The fourth-order valence-corrected chi connectivity index (χ4v) is 5.39. The highest BCUT2D eigenvalue weighted by Gasteiger charge is 2.26. The van der Waals surface area contributed by atoms with Crippen molar-refractivity contribution in [2.75, 3.05) is 26.8 Å². The number of halogens is 1. The molecule has 0 saturated carbocycles. The molecule has 3 nitrogen and oxygen atoms in total. The van der Waals surface area contributed by atoms with E-state index in [-0.39, 0.29) is 17.0 Å². The topological polar surface area (TPSA) is 43.1 Å². The Morgan fingerprint density at radius 1 is 0.870 bits per heavy atom. The van der Waals surface area contributed by atoms with Crippen LogP contribution in [0.3, 0.4) is 0 Å². The first-order valence-corrected chi connectivity index (χ1v) is 9.63. The third kappa shape index (κ3) is 5.89. The van der Waals surface area contributed by atoms with Crippen molar-refractivity contribution in [1.29, 1.82) is 0 Å². The van der Waals surface area contributed by atoms with Gasteiger partial charge in [-0.05, 0) is 12.8 Å². The zero-order valence-electron chi connectivity index (χ0n) is 13.9. The number of benzene rings is 2. The van der Waals surface area contributed by atoms with Gasteiger partial charge in [-0.1, -0.05) is 60.7 Å². The molecule has 5 heteroatoms. The van der Waals surface area contributed by atoms with Gasteiger partial charge in [-0.2, -0.15) is 5.84 Å². The molecule has 0 aliphatic carbocycles. The van der Waals surface area contributed by atoms with Crippen molar-refractivity contribution in [2.24, 2.45) is 5.84 Å². The molecule has 2 aromatic rings. The maximum Gasteiger partial charge on any atom is 0.143 e. The summed E-state index contributed by atoms with van der Waals surface area (Å²) in [5.41, 5.74) is 0. The molecule has 0 fully saturated rings. The van der Waals surface area contributed by atoms with Crippen molar-refractivity contribution in [3.63, 3.8) is 0 Å². The lowest BCUT2D eigenvalue weighted by atomic mass is 10.3. The number of nitrogens with two attached hydrogens (primary N) is 1. The predicted molar refractivity (Wildman–Crippen MR) is 95.0 cm³/mol. The second-order valence-electron chi connectivity index (χ2n) is 6.34. The van der Waals surface area contributed by atoms with Crippen LogP contribution in [0.4, 0.5) is 0 Å². The zero-order chi connectivity index (χ0) is 16.1. The largest absolute Gasteiger partial charge is 1.00 e. The molecule has 0 bridgehead atoms. The zero-order valence-corrected chi connectivity index (χ0v) is 16.3. The van der Waals surface area contributed by atoms with Crippen LogP contribution in [0.25, 0.3) is 0 Å². The minimum Gasteiger partial charge on any atom is -1.00 e. The van der Waals surface area contributed by atoms with Gasteiger partial charge in [-0.15, -0.1) is 0 Å². The van der Waals surface area contributed by atoms with Crippen molar-refractivity contribution in [2.45, 2.75) is 12.8 Å². The van der Waals surface area contributed by atoms with Crippen molar-refractivity contribution in [3.05, 3.63) is 60.7 Å². The molecule has 0 unspecified atom stereocenters. The number of hydrogen-bond donors (Lipinski definition) is 1. The lowest BCUT2D eigenvalue weighted by Gasteiger charge is -2.23. The van der Waals surface area contributed by atoms with Crippen molar-refractivity contribution in [1.82, 2.24) is 0 Å². The van der Waals surface area contributed by atoms with Crippen molar-refractivity contribution < 1.29 is 26.1 Å². The fraction of sp³-hybridized carbons (Fsp3) is 0.333. The van der Waals surface area contributed by atoms with E-state index in [1.54, 1.807) is 0 Å². The van der Waals surface area contributed by atoms with Gasteiger partial charge in [0.2, 0.25) is 0 Å². The fourth-order valence-electron chi connectivity index (χ4n) is 2.60. The Kier molecular flexibility index (Phi) is 7.69. The second-order valence-corrected chi connectivity index (χ2v) is 9.30. The highest BCUT2D eigenvalue weighted by Crippen LogP contribution is 2.44. The summed E-state index contributed by atoms with van der Waals surface area (Å²) >= 11 is 0. The van der Waals surface area contributed by atoms with Crippen molar-refractivity contribution in [3.8, 4) is 0 Å². The molecule has 0 radical (unpaired) electrons. The summed E-state index contributed by atoms with van der Waals surface area (Å²) in [6.45, 7) is 0.892. The summed E-state index contributed by atoms with van der Waals surface area (Å²) in [7, 11) is 1.41. The van der Waals surface area contributed by atoms with E-state index in [0.29, 0.717) is 10.8 Å². The molecule has 0 amide bonds. The summed E-state index contributed by atoms with van der Waals surface area (Å²) in [6, 6.07) is 19.7. The van der Waals surface area contributed by atoms with Crippen LogP contribution in [-0.4, -0.2) is 31.4 Å². The smallest absolute Gasteiger partial charge is 0.143 e. The van der Waals surface area contributed by atoms with Gasteiger partial charge >= 0.3 is 0 Å². The standard InChI is InChI=1S/C18H26N2OP.BrH/c1-20(2,19)15-9-10-16-22(21,17-11-5-3-6-12-17)18-13-7-4-8-14-18;/h3-8,11-14H,9-10,15-16,19H2,1-2H3;1H/q+1;/p-1. The van der Waals surface area contributed by atoms with Gasteiger partial charge in [-0.25, -0.2) is 0 Å². The molecular weight excluding hydrogens is 371 g/mol. The van der Waals surface area contributed by atoms with Gasteiger partial charge in [0.15, 0.2) is 0 Å². The maximum absolute atomic E-state index is 13.7. The Morgan fingerprint density at radius 2 is 1.30 bits per heavy atom. The van der Waals surface area contributed by atoms with Crippen LogP contribution >= 0.6 is 7.14 Å². The van der Waals surface area contributed by atoms with E-state index in [1.807, 2.05) is 74.8 Å². The van der Waals surface area contributed by atoms with Crippen molar-refractivity contribution >= 4 is 17.8 Å². The number of nitrogens with zero attached hydrogens (tertiary/aromatic N) is 1. The summed E-state index contributed by atoms with van der Waals surface area (Å²) < 4.78 is 14.2. The molecule has 23 heavy (non-hydrogen) atoms. The average molecular weight is 397 g/mol. The highest BCUT2D eigenvalue weighted by molar-refractivity contribution is 7.78. The Bertz CT molecular complexity index is 583. The normalized spacial score (nSPS) is 11.8. The minimum atomic E-state index is -2.55. The first-order valence-electron chi connectivity index (χ1n) is 7.74. The van der Waals surface area contributed by atoms with E-state index in [2.05, 4.69) is 0 Å². The molecular formula is C18H26BrN2OP. The third-order valence-electron chi connectivity index (χ3n) is 3.80. The van der Waals surface area contributed by atoms with Gasteiger partial charge in [0.1, 0.15) is 7.14 Å². The molecule has 0 saturated heterocycles. The van der Waals surface area contributed by atoms with Crippen LogP contribution in [0, 0.1) is 0 Å². The number of rotatable bonds is 7. The van der Waals surface area contributed by atoms with E-state index in [9.17, 15) is 4.57 Å². The Morgan fingerprint density at radius 3 is 1.70 bits per heavy atom. The SMILES string of the molecule is C[N+](C)(N)CCCCP(=O)(c1ccccc1)c1ccccc1.[Br-]. The molecule has 126 valence electrons. The lowest BCUT2D eigenvalue weighted by molar-refractivity contribution is -0.902. The van der Waals surface area contributed by atoms with Crippen LogP contribution in [0.15, 0.2) is 60.7 Å². The van der Waals surface area contributed by atoms with Crippen LogP contribution < -0.4 is 33.4 Å². The minimum absolute atomic E-state index is 0. The summed E-state index contributed by atoms with van der Waals surface area (Å²) in [6.07, 6.45) is 2.59. The molecule has 0 aromatic heterocycles. The molecule has 0 heterocycles. The quantitative estimate of drug-likeness (QED) is 0.230. The first kappa shape index (κ1) is 20.1. The summed E-state index contributed by atoms with van der Waals surface area (Å²) in [5, 5.41) is 1.89. The third-order valence-corrected chi connectivity index (χ3v) is 7.01. The highest BCUT2D eigenvalue weighted by atomic mass is 79.9. The molecule has 0 atom stereocenters. The van der Waals surface area contributed by atoms with Crippen LogP contribution in [0.5, 0.6) is 0 Å². The number of unbranched alkanes of at least 4 members (excludes halogenated alkanes) is 1.